The van der Waals surface area contributed by atoms with E-state index in [0.717, 1.165) is 31.5 Å². The van der Waals surface area contributed by atoms with E-state index < -0.39 is 0 Å². The lowest BCUT2D eigenvalue weighted by Crippen LogP contribution is -2.32. The number of hydrogen-bond acceptors (Lipinski definition) is 4. The molecule has 2 heterocycles. The number of rotatable bonds is 5. The van der Waals surface area contributed by atoms with Gasteiger partial charge in [0.2, 0.25) is 5.91 Å². The molecular formula is C17H18ClN3O3. The van der Waals surface area contributed by atoms with Gasteiger partial charge in [-0.15, -0.1) is 0 Å². The summed E-state index contributed by atoms with van der Waals surface area (Å²) in [6.07, 6.45) is 2.42. The quantitative estimate of drug-likeness (QED) is 0.902. The molecule has 1 aliphatic rings. The number of likely N-dealkylation sites (tertiary alicyclic amines) is 1. The van der Waals surface area contributed by atoms with Gasteiger partial charge in [0.05, 0.1) is 0 Å². The van der Waals surface area contributed by atoms with Gasteiger partial charge in [-0.25, -0.2) is 0 Å². The first kappa shape index (κ1) is 16.5. The molecule has 6 nitrogen and oxygen atoms in total. The second-order valence-electron chi connectivity index (χ2n) is 5.68. The van der Waals surface area contributed by atoms with E-state index in [2.05, 4.69) is 10.5 Å². The van der Waals surface area contributed by atoms with Crippen LogP contribution in [0.5, 0.6) is 0 Å². The maximum Gasteiger partial charge on any atom is 0.273 e. The Labute approximate surface area is 144 Å². The van der Waals surface area contributed by atoms with Crippen LogP contribution in [0.4, 0.5) is 0 Å². The molecule has 0 atom stereocenters. The van der Waals surface area contributed by atoms with E-state index >= 15 is 0 Å². The minimum absolute atomic E-state index is 0.0785. The third-order valence-corrected chi connectivity index (χ3v) is 4.21. The molecule has 0 spiro atoms. The molecule has 1 aliphatic heterocycles. The first-order valence-corrected chi connectivity index (χ1v) is 8.30. The van der Waals surface area contributed by atoms with Crippen molar-refractivity contribution in [1.82, 2.24) is 15.4 Å². The fraction of sp³-hybridized carbons (Fsp3) is 0.353. The minimum atomic E-state index is -0.354. The number of carbonyl (C=O) groups is 2. The van der Waals surface area contributed by atoms with Crippen LogP contribution in [0.2, 0.25) is 5.02 Å². The smallest absolute Gasteiger partial charge is 0.273 e. The standard InChI is InChI=1S/C17H18ClN3O3/c18-13-5-3-12(4-6-13)15-11-14(20-24-15)17(23)19-8-7-16(22)21-9-1-2-10-21/h3-6,11H,1-2,7-10H2,(H,19,23). The zero-order chi connectivity index (χ0) is 16.9. The third kappa shape index (κ3) is 3.94. The van der Waals surface area contributed by atoms with E-state index in [4.69, 9.17) is 16.1 Å². The van der Waals surface area contributed by atoms with Crippen LogP contribution in [-0.4, -0.2) is 41.5 Å². The molecule has 3 rings (SSSR count). The number of halogens is 1. The third-order valence-electron chi connectivity index (χ3n) is 3.95. The number of nitrogens with zero attached hydrogens (tertiary/aromatic N) is 2. The van der Waals surface area contributed by atoms with Gasteiger partial charge in [-0.05, 0) is 37.1 Å². The Morgan fingerprint density at radius 2 is 1.92 bits per heavy atom. The zero-order valence-corrected chi connectivity index (χ0v) is 13.9. The van der Waals surface area contributed by atoms with Crippen molar-refractivity contribution in [2.75, 3.05) is 19.6 Å². The maximum atomic E-state index is 12.1. The summed E-state index contributed by atoms with van der Waals surface area (Å²) < 4.78 is 5.19. The van der Waals surface area contributed by atoms with Crippen LogP contribution < -0.4 is 5.32 Å². The molecule has 1 saturated heterocycles. The van der Waals surface area contributed by atoms with Crippen molar-refractivity contribution in [3.05, 3.63) is 41.0 Å². The summed E-state index contributed by atoms with van der Waals surface area (Å²) in [5, 5.41) is 7.10. The summed E-state index contributed by atoms with van der Waals surface area (Å²) in [5.41, 5.74) is 0.976. The van der Waals surface area contributed by atoms with Crippen molar-refractivity contribution in [3.63, 3.8) is 0 Å². The van der Waals surface area contributed by atoms with Gasteiger partial charge in [0.25, 0.3) is 5.91 Å². The van der Waals surface area contributed by atoms with Crippen molar-refractivity contribution < 1.29 is 14.1 Å². The maximum absolute atomic E-state index is 12.1. The summed E-state index contributed by atoms with van der Waals surface area (Å²) in [4.78, 5) is 25.8. The summed E-state index contributed by atoms with van der Waals surface area (Å²) in [6.45, 7) is 1.93. The molecule has 0 radical (unpaired) electrons. The lowest BCUT2D eigenvalue weighted by molar-refractivity contribution is -0.129. The fourth-order valence-electron chi connectivity index (χ4n) is 2.63. The second kappa shape index (κ2) is 7.49. The van der Waals surface area contributed by atoms with Crippen LogP contribution in [0.1, 0.15) is 29.8 Å². The molecule has 2 amide bonds. The largest absolute Gasteiger partial charge is 0.355 e. The molecule has 0 saturated carbocycles. The zero-order valence-electron chi connectivity index (χ0n) is 13.1. The van der Waals surface area contributed by atoms with E-state index in [0.29, 0.717) is 17.2 Å². The molecular weight excluding hydrogens is 330 g/mol. The Kier molecular flexibility index (Phi) is 5.15. The lowest BCUT2D eigenvalue weighted by atomic mass is 10.1. The highest BCUT2D eigenvalue weighted by Crippen LogP contribution is 2.22. The monoisotopic (exact) mass is 347 g/mol. The molecule has 1 aromatic heterocycles. The van der Waals surface area contributed by atoms with E-state index in [1.54, 1.807) is 30.3 Å². The van der Waals surface area contributed by atoms with E-state index in [9.17, 15) is 9.59 Å². The predicted octanol–water partition coefficient (Wildman–Crippen LogP) is 2.74. The highest BCUT2D eigenvalue weighted by molar-refractivity contribution is 6.30. The Morgan fingerprint density at radius 3 is 2.62 bits per heavy atom. The average molecular weight is 348 g/mol. The van der Waals surface area contributed by atoms with Crippen molar-refractivity contribution >= 4 is 23.4 Å². The molecule has 1 fully saturated rings. The van der Waals surface area contributed by atoms with E-state index in [-0.39, 0.29) is 24.1 Å². The van der Waals surface area contributed by atoms with Crippen LogP contribution in [0.3, 0.4) is 0 Å². The van der Waals surface area contributed by atoms with Gasteiger partial charge in [-0.1, -0.05) is 16.8 Å². The molecule has 0 unspecified atom stereocenters. The van der Waals surface area contributed by atoms with Gasteiger partial charge in [0.1, 0.15) is 0 Å². The van der Waals surface area contributed by atoms with Crippen molar-refractivity contribution in [3.8, 4) is 11.3 Å². The average Bonchev–Trinajstić information content (AvgIpc) is 3.27. The number of carbonyl (C=O) groups excluding carboxylic acids is 2. The van der Waals surface area contributed by atoms with Crippen LogP contribution in [-0.2, 0) is 4.79 Å². The number of nitrogens with one attached hydrogen (secondary N) is 1. The summed E-state index contributed by atoms with van der Waals surface area (Å²) >= 11 is 5.84. The molecule has 7 heteroatoms. The van der Waals surface area contributed by atoms with Gasteiger partial charge >= 0.3 is 0 Å². The molecule has 0 bridgehead atoms. The number of hydrogen-bond donors (Lipinski definition) is 1. The van der Waals surface area contributed by atoms with Crippen LogP contribution >= 0.6 is 11.6 Å². The number of benzene rings is 1. The highest BCUT2D eigenvalue weighted by Gasteiger charge is 2.18. The molecule has 0 aliphatic carbocycles. The predicted molar refractivity (Wildman–Crippen MR) is 89.7 cm³/mol. The lowest BCUT2D eigenvalue weighted by Gasteiger charge is -2.14. The summed E-state index contributed by atoms with van der Waals surface area (Å²) in [7, 11) is 0. The van der Waals surface area contributed by atoms with E-state index in [1.165, 1.54) is 0 Å². The van der Waals surface area contributed by atoms with Gasteiger partial charge in [-0.2, -0.15) is 0 Å². The first-order valence-electron chi connectivity index (χ1n) is 7.92. The topological polar surface area (TPSA) is 75.4 Å². The van der Waals surface area contributed by atoms with E-state index in [1.807, 2.05) is 4.90 Å². The van der Waals surface area contributed by atoms with Gasteiger partial charge < -0.3 is 14.7 Å². The molecule has 24 heavy (non-hydrogen) atoms. The van der Waals surface area contributed by atoms with Gasteiger partial charge in [-0.3, -0.25) is 9.59 Å². The number of aromatic nitrogens is 1. The Hall–Kier alpha value is -2.34. The second-order valence-corrected chi connectivity index (χ2v) is 6.11. The molecule has 2 aromatic rings. The van der Waals surface area contributed by atoms with Gasteiger partial charge in [0, 0.05) is 42.7 Å². The van der Waals surface area contributed by atoms with Crippen LogP contribution in [0.25, 0.3) is 11.3 Å². The molecule has 126 valence electrons. The fourth-order valence-corrected chi connectivity index (χ4v) is 2.76. The highest BCUT2D eigenvalue weighted by atomic mass is 35.5. The van der Waals surface area contributed by atoms with Crippen molar-refractivity contribution in [1.29, 1.82) is 0 Å². The SMILES string of the molecule is O=C(NCCC(=O)N1CCCC1)c1cc(-c2ccc(Cl)cc2)on1. The Morgan fingerprint density at radius 1 is 1.21 bits per heavy atom. The molecule has 1 aromatic carbocycles. The van der Waals surface area contributed by atoms with Crippen LogP contribution in [0.15, 0.2) is 34.9 Å². The van der Waals surface area contributed by atoms with Crippen LogP contribution in [0, 0.1) is 0 Å². The first-order chi connectivity index (χ1) is 11.6. The Bertz CT molecular complexity index is 721. The summed E-state index contributed by atoms with van der Waals surface area (Å²) in [6, 6.07) is 8.63. The summed E-state index contributed by atoms with van der Waals surface area (Å²) in [5.74, 6) is 0.216. The normalized spacial score (nSPS) is 14.0. The number of amides is 2. The molecule has 1 N–H and O–H groups in total. The van der Waals surface area contributed by atoms with Gasteiger partial charge in [0.15, 0.2) is 11.5 Å². The Balaban J connectivity index is 1.52. The van der Waals surface area contributed by atoms with Crippen molar-refractivity contribution in [2.24, 2.45) is 0 Å². The van der Waals surface area contributed by atoms with Crippen molar-refractivity contribution in [2.45, 2.75) is 19.3 Å². The minimum Gasteiger partial charge on any atom is -0.355 e.